The SMILES string of the molecule is COc1ccc([SH]2CCCC2)c2ccccc12. The molecule has 0 N–H and O–H groups in total. The van der Waals surface area contributed by atoms with Crippen molar-refractivity contribution in [1.29, 1.82) is 0 Å². The van der Waals surface area contributed by atoms with Gasteiger partial charge in [-0.2, -0.15) is 0 Å². The molecule has 0 radical (unpaired) electrons. The predicted octanol–water partition coefficient (Wildman–Crippen LogP) is 4.00. The van der Waals surface area contributed by atoms with Gasteiger partial charge < -0.3 is 4.74 Å². The van der Waals surface area contributed by atoms with E-state index in [0.717, 1.165) is 5.75 Å². The molecule has 17 heavy (non-hydrogen) atoms. The maximum absolute atomic E-state index is 5.45. The molecule has 1 heterocycles. The van der Waals surface area contributed by atoms with Crippen molar-refractivity contribution in [3.8, 4) is 5.75 Å². The number of thiol groups is 1. The highest BCUT2D eigenvalue weighted by Gasteiger charge is 2.16. The summed E-state index contributed by atoms with van der Waals surface area (Å²) in [6.45, 7) is 0. The van der Waals surface area contributed by atoms with Gasteiger partial charge in [-0.3, -0.25) is 0 Å². The predicted molar refractivity (Wildman–Crippen MR) is 76.7 cm³/mol. The topological polar surface area (TPSA) is 9.23 Å². The van der Waals surface area contributed by atoms with Gasteiger partial charge in [-0.25, -0.2) is 10.9 Å². The van der Waals surface area contributed by atoms with Crippen LogP contribution in [-0.4, -0.2) is 18.6 Å². The van der Waals surface area contributed by atoms with Crippen molar-refractivity contribution in [2.24, 2.45) is 0 Å². The maximum Gasteiger partial charge on any atom is 0.126 e. The molecule has 90 valence electrons. The third-order valence-electron chi connectivity index (χ3n) is 3.53. The van der Waals surface area contributed by atoms with Gasteiger partial charge in [0.25, 0.3) is 0 Å². The second kappa shape index (κ2) is 4.61. The number of benzene rings is 2. The molecule has 1 aliphatic rings. The molecular weight excluding hydrogens is 228 g/mol. The van der Waals surface area contributed by atoms with Crippen molar-refractivity contribution >= 4 is 21.7 Å². The number of ether oxygens (including phenoxy) is 1. The Labute approximate surface area is 105 Å². The minimum atomic E-state index is 0.0870. The fraction of sp³-hybridized carbons (Fsp3) is 0.333. The Balaban J connectivity index is 2.19. The van der Waals surface area contributed by atoms with Crippen LogP contribution in [0.5, 0.6) is 5.75 Å². The van der Waals surface area contributed by atoms with E-state index in [4.69, 9.17) is 4.74 Å². The standard InChI is InChI=1S/C15H18OS/c1-16-14-8-9-15(17-10-4-5-11-17)13-7-3-2-6-12(13)14/h2-3,6-9,17H,4-5,10-11H2,1H3. The van der Waals surface area contributed by atoms with E-state index in [1.807, 2.05) is 0 Å². The second-order valence-corrected chi connectivity index (χ2v) is 6.98. The molecule has 1 saturated heterocycles. The molecule has 2 heteroatoms. The lowest BCUT2D eigenvalue weighted by Gasteiger charge is -2.18. The Hall–Kier alpha value is -1.15. The Bertz CT molecular complexity index is 529. The smallest absolute Gasteiger partial charge is 0.126 e. The highest BCUT2D eigenvalue weighted by Crippen LogP contribution is 2.47. The first-order chi connectivity index (χ1) is 8.40. The van der Waals surface area contributed by atoms with Crippen LogP contribution in [0.4, 0.5) is 0 Å². The van der Waals surface area contributed by atoms with E-state index in [1.165, 1.54) is 35.1 Å². The number of methoxy groups -OCH3 is 1. The van der Waals surface area contributed by atoms with Crippen LogP contribution in [0.15, 0.2) is 41.3 Å². The Morgan fingerprint density at radius 1 is 0.941 bits per heavy atom. The number of fused-ring (bicyclic) bond motifs is 1. The summed E-state index contributed by atoms with van der Waals surface area (Å²) in [6.07, 6.45) is 2.82. The van der Waals surface area contributed by atoms with E-state index < -0.39 is 0 Å². The van der Waals surface area contributed by atoms with Crippen LogP contribution < -0.4 is 4.74 Å². The van der Waals surface area contributed by atoms with Crippen LogP contribution in [-0.2, 0) is 0 Å². The molecule has 0 aromatic heterocycles. The third kappa shape index (κ3) is 1.91. The molecule has 2 aromatic rings. The Kier molecular flexibility index (Phi) is 2.98. The van der Waals surface area contributed by atoms with Gasteiger partial charge in [0, 0.05) is 5.39 Å². The van der Waals surface area contributed by atoms with E-state index in [1.54, 1.807) is 12.0 Å². The minimum Gasteiger partial charge on any atom is -0.496 e. The van der Waals surface area contributed by atoms with Crippen molar-refractivity contribution in [3.63, 3.8) is 0 Å². The van der Waals surface area contributed by atoms with E-state index in [2.05, 4.69) is 36.4 Å². The summed E-state index contributed by atoms with van der Waals surface area (Å²) in [5, 5.41) is 2.67. The van der Waals surface area contributed by atoms with E-state index in [9.17, 15) is 0 Å². The summed E-state index contributed by atoms with van der Waals surface area (Å²) in [5.41, 5.74) is 0. The number of rotatable bonds is 2. The molecule has 0 saturated carbocycles. The summed E-state index contributed by atoms with van der Waals surface area (Å²) >= 11 is 0. The molecule has 1 nitrogen and oxygen atoms in total. The summed E-state index contributed by atoms with van der Waals surface area (Å²) in [6, 6.07) is 13.1. The van der Waals surface area contributed by atoms with Crippen molar-refractivity contribution in [2.75, 3.05) is 18.6 Å². The van der Waals surface area contributed by atoms with Crippen LogP contribution >= 0.6 is 10.9 Å². The molecule has 0 bridgehead atoms. The number of hydrogen-bond donors (Lipinski definition) is 1. The van der Waals surface area contributed by atoms with E-state index in [0.29, 0.717) is 0 Å². The van der Waals surface area contributed by atoms with Gasteiger partial charge in [-0.05, 0) is 46.8 Å². The van der Waals surface area contributed by atoms with Crippen LogP contribution in [0.1, 0.15) is 12.8 Å². The van der Waals surface area contributed by atoms with Crippen molar-refractivity contribution < 1.29 is 4.74 Å². The van der Waals surface area contributed by atoms with Gasteiger partial charge in [-0.15, -0.1) is 0 Å². The summed E-state index contributed by atoms with van der Waals surface area (Å²) in [5.74, 6) is 3.82. The molecule has 0 aliphatic carbocycles. The Morgan fingerprint density at radius 2 is 1.65 bits per heavy atom. The van der Waals surface area contributed by atoms with Gasteiger partial charge in [0.1, 0.15) is 5.75 Å². The Morgan fingerprint density at radius 3 is 2.35 bits per heavy atom. The largest absolute Gasteiger partial charge is 0.496 e. The van der Waals surface area contributed by atoms with Gasteiger partial charge >= 0.3 is 0 Å². The lowest BCUT2D eigenvalue weighted by Crippen LogP contribution is -1.90. The molecule has 0 atom stereocenters. The summed E-state index contributed by atoms with van der Waals surface area (Å²) < 4.78 is 5.45. The first-order valence-electron chi connectivity index (χ1n) is 6.21. The summed E-state index contributed by atoms with van der Waals surface area (Å²) in [7, 11) is 1.84. The third-order valence-corrected chi connectivity index (χ3v) is 6.31. The highest BCUT2D eigenvalue weighted by atomic mass is 32.2. The minimum absolute atomic E-state index is 0.0870. The van der Waals surface area contributed by atoms with Gasteiger partial charge in [0.05, 0.1) is 7.11 Å². The lowest BCUT2D eigenvalue weighted by atomic mass is 10.1. The zero-order valence-corrected chi connectivity index (χ0v) is 11.0. The fourth-order valence-corrected chi connectivity index (χ4v) is 5.40. The molecule has 2 aromatic carbocycles. The number of hydrogen-bond acceptors (Lipinski definition) is 1. The van der Waals surface area contributed by atoms with Crippen LogP contribution in [0.2, 0.25) is 0 Å². The zero-order valence-electron chi connectivity index (χ0n) is 10.1. The van der Waals surface area contributed by atoms with Crippen molar-refractivity contribution in [3.05, 3.63) is 36.4 Å². The average Bonchev–Trinajstić information content (AvgIpc) is 2.91. The quantitative estimate of drug-likeness (QED) is 0.788. The molecule has 1 fully saturated rings. The highest BCUT2D eigenvalue weighted by molar-refractivity contribution is 8.17. The molecular formula is C15H18OS. The molecule has 0 unspecified atom stereocenters. The lowest BCUT2D eigenvalue weighted by molar-refractivity contribution is 0.419. The fourth-order valence-electron chi connectivity index (χ4n) is 2.67. The van der Waals surface area contributed by atoms with Gasteiger partial charge in [-0.1, -0.05) is 24.3 Å². The van der Waals surface area contributed by atoms with E-state index >= 15 is 0 Å². The molecule has 3 rings (SSSR count). The maximum atomic E-state index is 5.45. The van der Waals surface area contributed by atoms with Crippen molar-refractivity contribution in [1.82, 2.24) is 0 Å². The second-order valence-electron chi connectivity index (χ2n) is 4.53. The van der Waals surface area contributed by atoms with E-state index in [-0.39, 0.29) is 10.9 Å². The van der Waals surface area contributed by atoms with Gasteiger partial charge in [0.2, 0.25) is 0 Å². The molecule has 1 aliphatic heterocycles. The van der Waals surface area contributed by atoms with Crippen LogP contribution in [0, 0.1) is 0 Å². The monoisotopic (exact) mass is 246 g/mol. The first kappa shape index (κ1) is 11.0. The van der Waals surface area contributed by atoms with Crippen molar-refractivity contribution in [2.45, 2.75) is 17.7 Å². The molecule has 0 spiro atoms. The first-order valence-corrected chi connectivity index (χ1v) is 7.92. The normalized spacial score (nSPS) is 17.6. The molecule has 0 amide bonds. The van der Waals surface area contributed by atoms with Crippen LogP contribution in [0.25, 0.3) is 10.8 Å². The summed E-state index contributed by atoms with van der Waals surface area (Å²) in [4.78, 5) is 1.58. The zero-order chi connectivity index (χ0) is 11.7. The average molecular weight is 246 g/mol. The van der Waals surface area contributed by atoms with Gasteiger partial charge in [0.15, 0.2) is 0 Å². The van der Waals surface area contributed by atoms with Crippen LogP contribution in [0.3, 0.4) is 0 Å².